The van der Waals surface area contributed by atoms with Crippen LogP contribution in [0.3, 0.4) is 0 Å². The van der Waals surface area contributed by atoms with E-state index >= 15 is 0 Å². The lowest BCUT2D eigenvalue weighted by Crippen LogP contribution is -2.64. The number of nitrogens with zero attached hydrogens (tertiary/aromatic N) is 1. The van der Waals surface area contributed by atoms with E-state index in [9.17, 15) is 4.79 Å². The van der Waals surface area contributed by atoms with Crippen LogP contribution in [-0.4, -0.2) is 31.1 Å². The molecule has 1 aliphatic heterocycles. The van der Waals surface area contributed by atoms with Crippen molar-refractivity contribution in [1.82, 2.24) is 10.2 Å². The average Bonchev–Trinajstić information content (AvgIpc) is 1.92. The van der Waals surface area contributed by atoms with E-state index in [1.807, 2.05) is 4.90 Å². The van der Waals surface area contributed by atoms with Gasteiger partial charge in [-0.2, -0.15) is 0 Å². The highest BCUT2D eigenvalue weighted by molar-refractivity contribution is 5.75. The molecule has 2 amide bonds. The van der Waals surface area contributed by atoms with Crippen molar-refractivity contribution >= 4 is 6.03 Å². The smallest absolute Gasteiger partial charge is 0.317 e. The van der Waals surface area contributed by atoms with Gasteiger partial charge in [-0.05, 0) is 18.8 Å². The molecule has 0 aromatic heterocycles. The van der Waals surface area contributed by atoms with Crippen LogP contribution in [0.1, 0.15) is 19.8 Å². The summed E-state index contributed by atoms with van der Waals surface area (Å²) in [6, 6.07) is 0.0835. The van der Waals surface area contributed by atoms with Gasteiger partial charge in [0.25, 0.3) is 0 Å². The Morgan fingerprint density at radius 1 is 1.50 bits per heavy atom. The predicted molar refractivity (Wildman–Crippen MR) is 46.9 cm³/mol. The number of urea groups is 1. The highest BCUT2D eigenvalue weighted by Crippen LogP contribution is 2.51. The summed E-state index contributed by atoms with van der Waals surface area (Å²) in [7, 11) is 1.69. The molecule has 1 N–H and O–H groups in total. The first-order valence-electron chi connectivity index (χ1n) is 4.62. The summed E-state index contributed by atoms with van der Waals surface area (Å²) in [5, 5.41) is 2.65. The molecule has 1 aliphatic carbocycles. The molecule has 68 valence electrons. The molecular weight excluding hydrogens is 152 g/mol. The van der Waals surface area contributed by atoms with Crippen LogP contribution in [0.2, 0.25) is 0 Å². The van der Waals surface area contributed by atoms with Crippen molar-refractivity contribution in [2.24, 2.45) is 11.3 Å². The number of nitrogens with one attached hydrogen (secondary N) is 1. The summed E-state index contributed by atoms with van der Waals surface area (Å²) in [6.07, 6.45) is 2.64. The van der Waals surface area contributed by atoms with Gasteiger partial charge in [-0.1, -0.05) is 6.92 Å². The molecule has 0 aromatic rings. The van der Waals surface area contributed by atoms with E-state index in [1.54, 1.807) is 7.05 Å². The van der Waals surface area contributed by atoms with Crippen molar-refractivity contribution in [3.05, 3.63) is 0 Å². The Labute approximate surface area is 73.1 Å². The molecule has 1 spiro atoms. The zero-order chi connectivity index (χ0) is 8.77. The lowest BCUT2D eigenvalue weighted by atomic mass is 9.58. The second-order valence-electron chi connectivity index (χ2n) is 4.42. The van der Waals surface area contributed by atoms with Gasteiger partial charge in [-0.25, -0.2) is 4.79 Å². The number of hydrogen-bond acceptors (Lipinski definition) is 1. The van der Waals surface area contributed by atoms with Crippen molar-refractivity contribution in [1.29, 1.82) is 0 Å². The van der Waals surface area contributed by atoms with E-state index < -0.39 is 0 Å². The molecule has 0 radical (unpaired) electrons. The highest BCUT2D eigenvalue weighted by atomic mass is 16.2. The van der Waals surface area contributed by atoms with Crippen molar-refractivity contribution in [3.63, 3.8) is 0 Å². The molecule has 2 aliphatic rings. The number of rotatable bonds is 0. The van der Waals surface area contributed by atoms with Crippen LogP contribution in [0, 0.1) is 11.3 Å². The fourth-order valence-corrected chi connectivity index (χ4v) is 2.74. The zero-order valence-corrected chi connectivity index (χ0v) is 7.76. The van der Waals surface area contributed by atoms with E-state index in [0.29, 0.717) is 5.41 Å². The van der Waals surface area contributed by atoms with Gasteiger partial charge in [0.2, 0.25) is 0 Å². The monoisotopic (exact) mass is 168 g/mol. The summed E-state index contributed by atoms with van der Waals surface area (Å²) in [5.41, 5.74) is 0.534. The maximum atomic E-state index is 11.1. The third-order valence-electron chi connectivity index (χ3n) is 3.12. The molecular formula is C9H16N2O. The molecule has 1 saturated carbocycles. The van der Waals surface area contributed by atoms with Gasteiger partial charge in [-0.15, -0.1) is 0 Å². The molecule has 3 nitrogen and oxygen atoms in total. The zero-order valence-electron chi connectivity index (χ0n) is 7.76. The second kappa shape index (κ2) is 2.38. The van der Waals surface area contributed by atoms with Gasteiger partial charge in [0.1, 0.15) is 0 Å². The first-order chi connectivity index (χ1) is 5.65. The van der Waals surface area contributed by atoms with Crippen LogP contribution in [0.15, 0.2) is 0 Å². The van der Waals surface area contributed by atoms with E-state index in [0.717, 1.165) is 19.0 Å². The summed E-state index contributed by atoms with van der Waals surface area (Å²) in [6.45, 7) is 4.25. The molecule has 0 aromatic carbocycles. The molecule has 12 heavy (non-hydrogen) atoms. The topological polar surface area (TPSA) is 32.3 Å². The Kier molecular flexibility index (Phi) is 1.56. The van der Waals surface area contributed by atoms with Gasteiger partial charge in [-0.3, -0.25) is 0 Å². The van der Waals surface area contributed by atoms with Crippen LogP contribution < -0.4 is 5.32 Å². The van der Waals surface area contributed by atoms with Crippen LogP contribution in [0.25, 0.3) is 0 Å². The molecule has 1 saturated heterocycles. The van der Waals surface area contributed by atoms with Gasteiger partial charge >= 0.3 is 6.03 Å². The summed E-state index contributed by atoms with van der Waals surface area (Å²) in [4.78, 5) is 13.0. The van der Waals surface area contributed by atoms with Crippen LogP contribution in [0.5, 0.6) is 0 Å². The molecule has 1 heterocycles. The lowest BCUT2D eigenvalue weighted by molar-refractivity contribution is -0.0646. The van der Waals surface area contributed by atoms with E-state index in [2.05, 4.69) is 12.2 Å². The summed E-state index contributed by atoms with van der Waals surface area (Å²) >= 11 is 0. The van der Waals surface area contributed by atoms with E-state index in [4.69, 9.17) is 0 Å². The van der Waals surface area contributed by atoms with Crippen molar-refractivity contribution < 1.29 is 4.79 Å². The van der Waals surface area contributed by atoms with Gasteiger partial charge in [0.05, 0.1) is 0 Å². The minimum absolute atomic E-state index is 0.0835. The number of likely N-dealkylation sites (tertiary alicyclic amines) is 1. The largest absolute Gasteiger partial charge is 0.341 e. The fraction of sp³-hybridized carbons (Fsp3) is 0.889. The van der Waals surface area contributed by atoms with Gasteiger partial charge in [0, 0.05) is 25.6 Å². The quantitative estimate of drug-likeness (QED) is 0.576. The van der Waals surface area contributed by atoms with Crippen LogP contribution in [0.4, 0.5) is 4.79 Å². The molecule has 0 atom stereocenters. The van der Waals surface area contributed by atoms with E-state index in [-0.39, 0.29) is 6.03 Å². The molecule has 3 heteroatoms. The van der Waals surface area contributed by atoms with Crippen molar-refractivity contribution in [2.45, 2.75) is 19.8 Å². The Hall–Kier alpha value is -0.730. The third-order valence-corrected chi connectivity index (χ3v) is 3.12. The second-order valence-corrected chi connectivity index (χ2v) is 4.42. The molecule has 0 unspecified atom stereocenters. The maximum Gasteiger partial charge on any atom is 0.317 e. The predicted octanol–water partition coefficient (Wildman–Crippen LogP) is 1.06. The Bertz CT molecular complexity index is 201. The summed E-state index contributed by atoms with van der Waals surface area (Å²) in [5.74, 6) is 0.886. The number of carbonyl (C=O) groups excluding carboxylic acids is 1. The van der Waals surface area contributed by atoms with Crippen molar-refractivity contribution in [2.75, 3.05) is 20.1 Å². The number of hydrogen-bond donors (Lipinski definition) is 1. The number of carbonyl (C=O) groups is 1. The first kappa shape index (κ1) is 7.90. The first-order valence-corrected chi connectivity index (χ1v) is 4.62. The minimum atomic E-state index is 0.0835. The Morgan fingerprint density at radius 2 is 2.08 bits per heavy atom. The third kappa shape index (κ3) is 0.993. The summed E-state index contributed by atoms with van der Waals surface area (Å²) < 4.78 is 0. The SMILES string of the molecule is CNC(=O)N1CC2(CC(C)C2)C1. The maximum absolute atomic E-state index is 11.1. The average molecular weight is 168 g/mol. The lowest BCUT2D eigenvalue weighted by Gasteiger charge is -2.58. The Morgan fingerprint density at radius 3 is 2.50 bits per heavy atom. The van der Waals surface area contributed by atoms with Crippen LogP contribution >= 0.6 is 0 Å². The Balaban J connectivity index is 1.81. The standard InChI is InChI=1S/C9H16N2O/c1-7-3-9(4-7)5-11(6-9)8(12)10-2/h7H,3-6H2,1-2H3,(H,10,12). The van der Waals surface area contributed by atoms with E-state index in [1.165, 1.54) is 12.8 Å². The minimum Gasteiger partial charge on any atom is -0.341 e. The molecule has 0 bridgehead atoms. The highest BCUT2D eigenvalue weighted by Gasteiger charge is 2.51. The van der Waals surface area contributed by atoms with Crippen molar-refractivity contribution in [3.8, 4) is 0 Å². The number of amides is 2. The normalized spacial score (nSPS) is 26.3. The fourth-order valence-electron chi connectivity index (χ4n) is 2.74. The van der Waals surface area contributed by atoms with Crippen LogP contribution in [-0.2, 0) is 0 Å². The van der Waals surface area contributed by atoms with Gasteiger partial charge < -0.3 is 10.2 Å². The molecule has 2 fully saturated rings. The molecule has 2 rings (SSSR count). The van der Waals surface area contributed by atoms with Gasteiger partial charge in [0.15, 0.2) is 0 Å².